The summed E-state index contributed by atoms with van der Waals surface area (Å²) in [5.74, 6) is -0.113. The van der Waals surface area contributed by atoms with Gasteiger partial charge in [-0.3, -0.25) is 9.69 Å². The van der Waals surface area contributed by atoms with Gasteiger partial charge in [0.15, 0.2) is 0 Å². The van der Waals surface area contributed by atoms with E-state index in [1.807, 2.05) is 13.8 Å². The lowest BCUT2D eigenvalue weighted by Crippen LogP contribution is -2.59. The summed E-state index contributed by atoms with van der Waals surface area (Å²) in [6.45, 7) is 10.4. The summed E-state index contributed by atoms with van der Waals surface area (Å²) in [4.78, 5) is 13.9. The first kappa shape index (κ1) is 12.5. The van der Waals surface area contributed by atoms with Crippen molar-refractivity contribution in [2.75, 3.05) is 19.7 Å². The van der Waals surface area contributed by atoms with Crippen molar-refractivity contribution in [1.29, 1.82) is 0 Å². The molecule has 1 fully saturated rings. The van der Waals surface area contributed by atoms with E-state index in [1.165, 1.54) is 0 Å². The van der Waals surface area contributed by atoms with Gasteiger partial charge in [0, 0.05) is 25.2 Å². The average molecular weight is 214 g/mol. The number of esters is 1. The summed E-state index contributed by atoms with van der Waals surface area (Å²) in [7, 11) is 0. The van der Waals surface area contributed by atoms with E-state index >= 15 is 0 Å². The van der Waals surface area contributed by atoms with Gasteiger partial charge >= 0.3 is 5.97 Å². The Bertz CT molecular complexity index is 211. The molecule has 0 radical (unpaired) electrons. The fourth-order valence-corrected chi connectivity index (χ4v) is 2.29. The Morgan fingerprint density at radius 2 is 2.00 bits per heavy atom. The lowest BCUT2D eigenvalue weighted by Gasteiger charge is -2.42. The fourth-order valence-electron chi connectivity index (χ4n) is 2.29. The van der Waals surface area contributed by atoms with Crippen molar-refractivity contribution in [2.24, 2.45) is 0 Å². The SMILES string of the molecule is CCOC(=O)C(C)N1[C@H](C)CNC[C@@H]1C. The van der Waals surface area contributed by atoms with Crippen LogP contribution in [0.5, 0.6) is 0 Å². The van der Waals surface area contributed by atoms with Crippen LogP contribution in [0.2, 0.25) is 0 Å². The van der Waals surface area contributed by atoms with Crippen LogP contribution in [-0.4, -0.2) is 48.7 Å². The molecule has 1 aliphatic rings. The molecule has 0 aromatic rings. The van der Waals surface area contributed by atoms with E-state index in [9.17, 15) is 4.79 Å². The second kappa shape index (κ2) is 5.47. The molecule has 4 heteroatoms. The summed E-state index contributed by atoms with van der Waals surface area (Å²) < 4.78 is 5.05. The summed E-state index contributed by atoms with van der Waals surface area (Å²) >= 11 is 0. The average Bonchev–Trinajstić information content (AvgIpc) is 2.17. The van der Waals surface area contributed by atoms with Gasteiger partial charge in [-0.05, 0) is 27.7 Å². The molecule has 4 nitrogen and oxygen atoms in total. The molecule has 1 saturated heterocycles. The minimum atomic E-state index is -0.142. The number of carbonyl (C=O) groups excluding carboxylic acids is 1. The highest BCUT2D eigenvalue weighted by Crippen LogP contribution is 2.14. The largest absolute Gasteiger partial charge is 0.465 e. The first-order valence-corrected chi connectivity index (χ1v) is 5.72. The lowest BCUT2D eigenvalue weighted by atomic mass is 10.1. The molecule has 0 spiro atoms. The number of nitrogens with zero attached hydrogens (tertiary/aromatic N) is 1. The number of hydrogen-bond donors (Lipinski definition) is 1. The number of hydrogen-bond acceptors (Lipinski definition) is 4. The molecule has 1 unspecified atom stereocenters. The Kier molecular flexibility index (Phi) is 4.54. The van der Waals surface area contributed by atoms with E-state index in [0.29, 0.717) is 18.7 Å². The van der Waals surface area contributed by atoms with E-state index in [0.717, 1.165) is 13.1 Å². The Balaban J connectivity index is 2.62. The highest BCUT2D eigenvalue weighted by Gasteiger charge is 2.32. The van der Waals surface area contributed by atoms with Crippen molar-refractivity contribution < 1.29 is 9.53 Å². The smallest absolute Gasteiger partial charge is 0.323 e. The summed E-state index contributed by atoms with van der Waals surface area (Å²) in [5.41, 5.74) is 0. The van der Waals surface area contributed by atoms with E-state index in [4.69, 9.17) is 4.74 Å². The Morgan fingerprint density at radius 1 is 1.47 bits per heavy atom. The lowest BCUT2D eigenvalue weighted by molar-refractivity contribution is -0.151. The van der Waals surface area contributed by atoms with E-state index in [2.05, 4.69) is 24.1 Å². The van der Waals surface area contributed by atoms with Crippen molar-refractivity contribution in [3.05, 3.63) is 0 Å². The third-order valence-electron chi connectivity index (χ3n) is 2.97. The van der Waals surface area contributed by atoms with Crippen LogP contribution >= 0.6 is 0 Å². The third-order valence-corrected chi connectivity index (χ3v) is 2.97. The minimum Gasteiger partial charge on any atom is -0.465 e. The van der Waals surface area contributed by atoms with Crippen LogP contribution in [0.25, 0.3) is 0 Å². The van der Waals surface area contributed by atoms with E-state index in [-0.39, 0.29) is 12.0 Å². The van der Waals surface area contributed by atoms with Gasteiger partial charge in [-0.2, -0.15) is 0 Å². The molecule has 15 heavy (non-hydrogen) atoms. The second-order valence-corrected chi connectivity index (χ2v) is 4.23. The number of rotatable bonds is 3. The van der Waals surface area contributed by atoms with Crippen LogP contribution in [0.15, 0.2) is 0 Å². The zero-order chi connectivity index (χ0) is 11.4. The Labute approximate surface area is 92.0 Å². The number of piperazine rings is 1. The predicted molar refractivity (Wildman–Crippen MR) is 59.7 cm³/mol. The molecule has 0 bridgehead atoms. The maximum absolute atomic E-state index is 11.6. The molecule has 1 aliphatic heterocycles. The van der Waals surface area contributed by atoms with E-state index in [1.54, 1.807) is 0 Å². The van der Waals surface area contributed by atoms with Crippen molar-refractivity contribution in [1.82, 2.24) is 10.2 Å². The molecular formula is C11H22N2O2. The summed E-state index contributed by atoms with van der Waals surface area (Å²) in [5, 5.41) is 3.35. The van der Waals surface area contributed by atoms with Crippen LogP contribution in [0, 0.1) is 0 Å². The molecule has 0 aromatic heterocycles. The maximum Gasteiger partial charge on any atom is 0.323 e. The molecular weight excluding hydrogens is 192 g/mol. The summed E-state index contributed by atoms with van der Waals surface area (Å²) in [6, 6.07) is 0.623. The van der Waals surface area contributed by atoms with Gasteiger partial charge in [0.2, 0.25) is 0 Å². The van der Waals surface area contributed by atoms with Gasteiger partial charge < -0.3 is 10.1 Å². The molecule has 0 saturated carbocycles. The number of nitrogens with one attached hydrogen (secondary N) is 1. The predicted octanol–water partition coefficient (Wildman–Crippen LogP) is 0.620. The zero-order valence-electron chi connectivity index (χ0n) is 10.1. The van der Waals surface area contributed by atoms with Crippen molar-refractivity contribution in [3.8, 4) is 0 Å². The Hall–Kier alpha value is -0.610. The van der Waals surface area contributed by atoms with Gasteiger partial charge in [-0.15, -0.1) is 0 Å². The van der Waals surface area contributed by atoms with Crippen LogP contribution < -0.4 is 5.32 Å². The molecule has 1 heterocycles. The Morgan fingerprint density at radius 3 is 2.47 bits per heavy atom. The molecule has 0 aromatic carbocycles. The number of ether oxygens (including phenoxy) is 1. The van der Waals surface area contributed by atoms with Gasteiger partial charge in [0.1, 0.15) is 6.04 Å². The normalized spacial score (nSPS) is 29.9. The number of carbonyl (C=O) groups is 1. The molecule has 1 N–H and O–H groups in total. The topological polar surface area (TPSA) is 41.6 Å². The van der Waals surface area contributed by atoms with Crippen molar-refractivity contribution >= 4 is 5.97 Å². The van der Waals surface area contributed by atoms with Gasteiger partial charge in [0.05, 0.1) is 6.61 Å². The monoisotopic (exact) mass is 214 g/mol. The van der Waals surface area contributed by atoms with Crippen LogP contribution in [0.3, 0.4) is 0 Å². The van der Waals surface area contributed by atoms with Crippen LogP contribution in [0.4, 0.5) is 0 Å². The van der Waals surface area contributed by atoms with Crippen LogP contribution in [0.1, 0.15) is 27.7 Å². The fraction of sp³-hybridized carbons (Fsp3) is 0.909. The highest BCUT2D eigenvalue weighted by molar-refractivity contribution is 5.75. The van der Waals surface area contributed by atoms with E-state index < -0.39 is 0 Å². The minimum absolute atomic E-state index is 0.113. The van der Waals surface area contributed by atoms with Gasteiger partial charge in [0.25, 0.3) is 0 Å². The molecule has 3 atom stereocenters. The van der Waals surface area contributed by atoms with Gasteiger partial charge in [-0.1, -0.05) is 0 Å². The maximum atomic E-state index is 11.6. The molecule has 0 amide bonds. The van der Waals surface area contributed by atoms with Crippen LogP contribution in [-0.2, 0) is 9.53 Å². The molecule has 0 aliphatic carbocycles. The quantitative estimate of drug-likeness (QED) is 0.699. The van der Waals surface area contributed by atoms with Crippen molar-refractivity contribution in [3.63, 3.8) is 0 Å². The van der Waals surface area contributed by atoms with Gasteiger partial charge in [-0.25, -0.2) is 0 Å². The first-order valence-electron chi connectivity index (χ1n) is 5.72. The first-order chi connectivity index (χ1) is 7.07. The highest BCUT2D eigenvalue weighted by atomic mass is 16.5. The standard InChI is InChI=1S/C11H22N2O2/c1-5-15-11(14)10(4)13-8(2)6-12-7-9(13)3/h8-10,12H,5-7H2,1-4H3/t8-,9+,10?. The van der Waals surface area contributed by atoms with Crippen molar-refractivity contribution in [2.45, 2.75) is 45.8 Å². The second-order valence-electron chi connectivity index (χ2n) is 4.23. The third kappa shape index (κ3) is 2.92. The summed E-state index contributed by atoms with van der Waals surface area (Å²) in [6.07, 6.45) is 0. The molecule has 1 rings (SSSR count). The zero-order valence-corrected chi connectivity index (χ0v) is 10.1. The molecule has 88 valence electrons.